The van der Waals surface area contributed by atoms with Gasteiger partial charge in [0, 0.05) is 10.8 Å². The molecule has 0 radical (unpaired) electrons. The fourth-order valence-electron chi connectivity index (χ4n) is 11.0. The lowest BCUT2D eigenvalue weighted by atomic mass is 9.53. The van der Waals surface area contributed by atoms with Crippen LogP contribution >= 0.6 is 0 Å². The summed E-state index contributed by atoms with van der Waals surface area (Å²) < 4.78 is 103. The number of alkyl halides is 2. The molecule has 0 aromatic heterocycles. The largest absolute Gasteiger partial charge is 0.379 e. The minimum atomic E-state index is -2.50. The molecule has 0 aliphatic heterocycles. The molecule has 264 valence electrons. The van der Waals surface area contributed by atoms with Crippen molar-refractivity contribution in [3.8, 4) is 0 Å². The van der Waals surface area contributed by atoms with E-state index in [0.29, 0.717) is 37.5 Å². The summed E-state index contributed by atoms with van der Waals surface area (Å²) in [7, 11) is 0. The van der Waals surface area contributed by atoms with Gasteiger partial charge >= 0.3 is 0 Å². The highest BCUT2D eigenvalue weighted by Gasteiger charge is 2.61. The molecule has 6 aliphatic rings. The van der Waals surface area contributed by atoms with Crippen LogP contribution in [0.3, 0.4) is 0 Å². The number of allylic oxidation sites excluding steroid dienone is 4. The Labute approximate surface area is 278 Å². The molecule has 0 spiro atoms. The van der Waals surface area contributed by atoms with Gasteiger partial charge in [-0.3, -0.25) is 0 Å². The van der Waals surface area contributed by atoms with Gasteiger partial charge in [0.1, 0.15) is 11.7 Å². The van der Waals surface area contributed by atoms with Gasteiger partial charge in [0.2, 0.25) is 0 Å². The fraction of sp³-hybridized carbons (Fsp3) is 0.800. The predicted molar refractivity (Wildman–Crippen MR) is 176 cm³/mol. The van der Waals surface area contributed by atoms with Crippen molar-refractivity contribution in [1.29, 1.82) is 0 Å². The maximum atomic E-state index is 17.0. The van der Waals surface area contributed by atoms with Gasteiger partial charge < -0.3 is 4.74 Å². The third-order valence-electron chi connectivity index (χ3n) is 14.0. The molecule has 0 N–H and O–H groups in total. The lowest BCUT2D eigenvalue weighted by Gasteiger charge is -2.53. The Morgan fingerprint density at radius 1 is 0.553 bits per heavy atom. The smallest absolute Gasteiger partial charge is 0.188 e. The van der Waals surface area contributed by atoms with E-state index in [4.69, 9.17) is 4.74 Å². The van der Waals surface area contributed by atoms with Crippen molar-refractivity contribution in [2.75, 3.05) is 13.2 Å². The maximum absolute atomic E-state index is 17.0. The fourth-order valence-corrected chi connectivity index (χ4v) is 11.0. The summed E-state index contributed by atoms with van der Waals surface area (Å²) in [6, 6.07) is 0. The highest BCUT2D eigenvalue weighted by atomic mass is 19.2. The van der Waals surface area contributed by atoms with Crippen LogP contribution in [0.4, 0.5) is 26.3 Å². The molecule has 7 heteroatoms. The third kappa shape index (κ3) is 6.13. The number of hydrogen-bond acceptors (Lipinski definition) is 1. The van der Waals surface area contributed by atoms with Crippen molar-refractivity contribution in [3.05, 3.63) is 47.6 Å². The quantitative estimate of drug-likeness (QED) is 0.185. The number of ether oxygens (including phenoxy) is 1. The van der Waals surface area contributed by atoms with Gasteiger partial charge in [-0.25, -0.2) is 26.3 Å². The molecule has 6 rings (SSSR count). The highest BCUT2D eigenvalue weighted by Crippen LogP contribution is 2.63. The molecule has 0 bridgehead atoms. The number of halogens is 6. The van der Waals surface area contributed by atoms with Gasteiger partial charge in [0.25, 0.3) is 0 Å². The maximum Gasteiger partial charge on any atom is 0.188 e. The zero-order valence-corrected chi connectivity index (χ0v) is 28.6. The summed E-state index contributed by atoms with van der Waals surface area (Å²) in [5.41, 5.74) is -6.92. The molecule has 4 saturated carbocycles. The van der Waals surface area contributed by atoms with Gasteiger partial charge in [-0.2, -0.15) is 0 Å². The molecular formula is C40H56F6O. The summed E-state index contributed by atoms with van der Waals surface area (Å²) in [4.78, 5) is 0. The Morgan fingerprint density at radius 2 is 0.894 bits per heavy atom. The van der Waals surface area contributed by atoms with E-state index in [-0.39, 0.29) is 25.0 Å². The minimum absolute atomic E-state index is 0.000191. The molecule has 0 unspecified atom stereocenters. The van der Waals surface area contributed by atoms with Crippen LogP contribution in [0.25, 0.3) is 0 Å². The van der Waals surface area contributed by atoms with Crippen molar-refractivity contribution < 1.29 is 31.1 Å². The zero-order valence-electron chi connectivity index (χ0n) is 28.6. The normalized spacial score (nSPS) is 40.9. The first-order chi connectivity index (χ1) is 22.5. The highest BCUT2D eigenvalue weighted by molar-refractivity contribution is 5.37. The second-order valence-electron chi connectivity index (χ2n) is 16.6. The summed E-state index contributed by atoms with van der Waals surface area (Å²) in [6.07, 6.45) is 19.7. The van der Waals surface area contributed by atoms with Crippen LogP contribution in [0, 0.1) is 46.3 Å². The van der Waals surface area contributed by atoms with Crippen molar-refractivity contribution in [2.45, 2.75) is 141 Å². The van der Waals surface area contributed by atoms with Crippen LogP contribution in [0.1, 0.15) is 129 Å². The molecule has 4 fully saturated rings. The lowest BCUT2D eigenvalue weighted by Crippen LogP contribution is -2.52. The van der Waals surface area contributed by atoms with E-state index < -0.39 is 57.3 Å². The molecular weight excluding hydrogens is 610 g/mol. The van der Waals surface area contributed by atoms with Crippen molar-refractivity contribution >= 4 is 0 Å². The van der Waals surface area contributed by atoms with Crippen LogP contribution in [0.15, 0.2) is 47.6 Å². The molecule has 47 heavy (non-hydrogen) atoms. The SMILES string of the molecule is CC1CCC(C2([C@@]3(F)C=C[C@@H](COC[C@@H]4C=C[C@](F)(C5(C6CCC(C)CC6)CCCCC5)C(F)=C4F)C(F)=C3F)CCCCC2)CC1. The van der Waals surface area contributed by atoms with Crippen molar-refractivity contribution in [2.24, 2.45) is 46.3 Å². The Bertz CT molecular complexity index is 1130. The van der Waals surface area contributed by atoms with Crippen LogP contribution in [-0.4, -0.2) is 24.6 Å². The number of rotatable bonds is 8. The van der Waals surface area contributed by atoms with E-state index >= 15 is 26.3 Å². The standard InChI is InChI=1S/C40H56F6O/c1-27-9-13-31(14-10-27)37(19-5-3-6-20-37)39(45)23-17-29(33(41)35(39)43)25-47-26-30-18-24-40(46,36(44)34(30)42)38(21-7-4-8-22-38)32-15-11-28(2)12-16-32/h17-18,23-24,27-32H,3-16,19-22,25-26H2,1-2H3/t27?,28?,29-,30-,31?,32?,39+,40+/m0/s1. The number of hydrogen-bond donors (Lipinski definition) is 0. The summed E-state index contributed by atoms with van der Waals surface area (Å²) in [5, 5.41) is 0. The molecule has 6 aliphatic carbocycles. The van der Waals surface area contributed by atoms with Crippen molar-refractivity contribution in [3.63, 3.8) is 0 Å². The van der Waals surface area contributed by atoms with E-state index in [2.05, 4.69) is 13.8 Å². The summed E-state index contributed by atoms with van der Waals surface area (Å²) in [6.45, 7) is 3.70. The lowest BCUT2D eigenvalue weighted by molar-refractivity contribution is -0.0609. The van der Waals surface area contributed by atoms with Crippen LogP contribution in [-0.2, 0) is 4.74 Å². The Hall–Kier alpha value is -1.50. The second kappa shape index (κ2) is 14.0. The van der Waals surface area contributed by atoms with E-state index in [9.17, 15) is 0 Å². The average molecular weight is 667 g/mol. The molecule has 0 saturated heterocycles. The molecule has 0 aromatic rings. The van der Waals surface area contributed by atoms with Crippen LogP contribution in [0.5, 0.6) is 0 Å². The molecule has 0 heterocycles. The van der Waals surface area contributed by atoms with E-state index in [1.807, 2.05) is 0 Å². The van der Waals surface area contributed by atoms with E-state index in [1.165, 1.54) is 24.3 Å². The van der Waals surface area contributed by atoms with Gasteiger partial charge in [0.05, 0.1) is 25.0 Å². The van der Waals surface area contributed by atoms with E-state index in [0.717, 1.165) is 89.9 Å². The second-order valence-corrected chi connectivity index (χ2v) is 16.6. The van der Waals surface area contributed by atoms with Crippen molar-refractivity contribution in [1.82, 2.24) is 0 Å². The van der Waals surface area contributed by atoms with Gasteiger partial charge in [-0.15, -0.1) is 0 Å². The van der Waals surface area contributed by atoms with E-state index in [1.54, 1.807) is 0 Å². The zero-order chi connectivity index (χ0) is 33.5. The Morgan fingerprint density at radius 3 is 1.23 bits per heavy atom. The third-order valence-corrected chi connectivity index (χ3v) is 14.0. The Kier molecular flexibility index (Phi) is 10.5. The first-order valence-corrected chi connectivity index (χ1v) is 18.9. The summed E-state index contributed by atoms with van der Waals surface area (Å²) in [5.74, 6) is -6.23. The van der Waals surface area contributed by atoms with Gasteiger partial charge in [-0.05, 0) is 87.2 Å². The van der Waals surface area contributed by atoms with Gasteiger partial charge in [0.15, 0.2) is 23.0 Å². The minimum Gasteiger partial charge on any atom is -0.379 e. The molecule has 4 atom stereocenters. The Balaban J connectivity index is 1.13. The molecule has 0 aromatic carbocycles. The summed E-state index contributed by atoms with van der Waals surface area (Å²) >= 11 is 0. The van der Waals surface area contributed by atoms with Crippen LogP contribution in [0.2, 0.25) is 0 Å². The average Bonchev–Trinajstić information content (AvgIpc) is 3.09. The topological polar surface area (TPSA) is 9.23 Å². The monoisotopic (exact) mass is 666 g/mol. The predicted octanol–water partition coefficient (Wildman–Crippen LogP) is 12.6. The van der Waals surface area contributed by atoms with Crippen LogP contribution < -0.4 is 0 Å². The first kappa shape index (κ1) is 35.3. The first-order valence-electron chi connectivity index (χ1n) is 18.9. The molecule has 1 nitrogen and oxygen atoms in total. The van der Waals surface area contributed by atoms with Gasteiger partial charge in [-0.1, -0.05) is 90.2 Å². The molecule has 0 amide bonds.